The second-order valence-corrected chi connectivity index (χ2v) is 8.77. The number of guanidine groups is 1. The van der Waals surface area contributed by atoms with E-state index < -0.39 is 0 Å². The Hall–Kier alpha value is -1.14. The first-order valence-corrected chi connectivity index (χ1v) is 10.4. The van der Waals surface area contributed by atoms with E-state index in [4.69, 9.17) is 4.99 Å². The number of piperidine rings is 1. The van der Waals surface area contributed by atoms with E-state index >= 15 is 0 Å². The number of thiazole rings is 1. The van der Waals surface area contributed by atoms with Crippen molar-refractivity contribution in [2.45, 2.75) is 65.8 Å². The molecule has 0 bridgehead atoms. The van der Waals surface area contributed by atoms with Crippen LogP contribution < -0.4 is 10.6 Å². The van der Waals surface area contributed by atoms with Crippen LogP contribution in [0.1, 0.15) is 55.6 Å². The first-order chi connectivity index (χ1) is 11.9. The molecular formula is C19H35N5S. The summed E-state index contributed by atoms with van der Waals surface area (Å²) in [5, 5.41) is 8.03. The summed E-state index contributed by atoms with van der Waals surface area (Å²) >= 11 is 1.80. The van der Waals surface area contributed by atoms with Crippen LogP contribution in [0.4, 0.5) is 0 Å². The fraction of sp³-hybridized carbons (Fsp3) is 0.789. The summed E-state index contributed by atoms with van der Waals surface area (Å²) in [5.74, 6) is 0.914. The summed E-state index contributed by atoms with van der Waals surface area (Å²) in [5.41, 5.74) is 1.27. The first-order valence-electron chi connectivity index (χ1n) is 9.62. The van der Waals surface area contributed by atoms with E-state index in [2.05, 4.69) is 55.1 Å². The van der Waals surface area contributed by atoms with Gasteiger partial charge < -0.3 is 10.6 Å². The molecule has 2 heterocycles. The summed E-state index contributed by atoms with van der Waals surface area (Å²) in [7, 11) is 0. The fourth-order valence-corrected chi connectivity index (χ4v) is 4.08. The maximum Gasteiger partial charge on any atom is 0.191 e. The average molecular weight is 366 g/mol. The van der Waals surface area contributed by atoms with E-state index in [1.807, 2.05) is 0 Å². The lowest BCUT2D eigenvalue weighted by molar-refractivity contribution is 0.102. The molecular weight excluding hydrogens is 330 g/mol. The van der Waals surface area contributed by atoms with Gasteiger partial charge in [-0.2, -0.15) is 0 Å². The molecule has 0 atom stereocenters. The van der Waals surface area contributed by atoms with Crippen LogP contribution in [0.5, 0.6) is 0 Å². The molecule has 25 heavy (non-hydrogen) atoms. The number of aromatic nitrogens is 1. The van der Waals surface area contributed by atoms with Crippen LogP contribution >= 0.6 is 11.3 Å². The Kier molecular flexibility index (Phi) is 7.69. The van der Waals surface area contributed by atoms with Gasteiger partial charge in [0.15, 0.2) is 5.96 Å². The molecule has 0 aromatic carbocycles. The largest absolute Gasteiger partial charge is 0.357 e. The summed E-state index contributed by atoms with van der Waals surface area (Å²) in [4.78, 5) is 13.4. The molecule has 2 N–H and O–H groups in total. The van der Waals surface area contributed by atoms with Crippen LogP contribution in [0.3, 0.4) is 0 Å². The molecule has 1 aliphatic rings. The number of nitrogens with zero attached hydrogens (tertiary/aromatic N) is 3. The molecule has 1 aliphatic heterocycles. The van der Waals surface area contributed by atoms with Gasteiger partial charge in [0.05, 0.1) is 17.2 Å². The average Bonchev–Trinajstić information content (AvgIpc) is 2.91. The summed E-state index contributed by atoms with van der Waals surface area (Å²) in [6, 6.07) is 0. The van der Waals surface area contributed by atoms with Crippen LogP contribution in [-0.4, -0.2) is 54.1 Å². The lowest BCUT2D eigenvalue weighted by atomic mass is 9.99. The standard InChI is InChI=1S/C19H35N5S/c1-6-20-18(21-11-10-17-23-15(2)16(3)25-17)22-14-19(4,5)24-12-8-7-9-13-24/h6-14H2,1-5H3,(H2,20,21,22). The van der Waals surface area contributed by atoms with Gasteiger partial charge in [-0.1, -0.05) is 6.42 Å². The summed E-state index contributed by atoms with van der Waals surface area (Å²) in [6.07, 6.45) is 4.95. The number of nitrogens with one attached hydrogen (secondary N) is 2. The quantitative estimate of drug-likeness (QED) is 0.576. The molecule has 0 spiro atoms. The summed E-state index contributed by atoms with van der Waals surface area (Å²) < 4.78 is 0. The molecule has 0 radical (unpaired) electrons. The Bertz CT molecular complexity index is 539. The molecule has 2 rings (SSSR count). The lowest BCUT2D eigenvalue weighted by Crippen LogP contribution is -2.49. The van der Waals surface area contributed by atoms with Gasteiger partial charge in [0.25, 0.3) is 0 Å². The van der Waals surface area contributed by atoms with Crippen molar-refractivity contribution >= 4 is 17.3 Å². The number of hydrogen-bond donors (Lipinski definition) is 2. The Morgan fingerprint density at radius 2 is 1.92 bits per heavy atom. The zero-order valence-electron chi connectivity index (χ0n) is 16.6. The number of aliphatic imine (C=N–C) groups is 1. The van der Waals surface area contributed by atoms with Crippen molar-refractivity contribution in [1.29, 1.82) is 0 Å². The molecule has 0 aliphatic carbocycles. The molecule has 5 nitrogen and oxygen atoms in total. The van der Waals surface area contributed by atoms with Gasteiger partial charge in [0.2, 0.25) is 0 Å². The Labute approximate surface area is 157 Å². The number of hydrogen-bond acceptors (Lipinski definition) is 4. The third-order valence-electron chi connectivity index (χ3n) is 4.88. The van der Waals surface area contributed by atoms with E-state index in [-0.39, 0.29) is 5.54 Å². The minimum atomic E-state index is 0.117. The second-order valence-electron chi connectivity index (χ2n) is 7.48. The molecule has 6 heteroatoms. The second kappa shape index (κ2) is 9.53. The van der Waals surface area contributed by atoms with Crippen molar-refractivity contribution in [3.05, 3.63) is 15.6 Å². The van der Waals surface area contributed by atoms with E-state index in [9.17, 15) is 0 Å². The molecule has 1 aromatic heterocycles. The van der Waals surface area contributed by atoms with Gasteiger partial charge in [-0.3, -0.25) is 9.89 Å². The number of likely N-dealkylation sites (tertiary alicyclic amines) is 1. The van der Waals surface area contributed by atoms with Gasteiger partial charge in [-0.05, 0) is 60.5 Å². The third-order valence-corrected chi connectivity index (χ3v) is 6.02. The van der Waals surface area contributed by atoms with E-state index in [0.717, 1.165) is 37.7 Å². The van der Waals surface area contributed by atoms with Crippen molar-refractivity contribution in [1.82, 2.24) is 20.5 Å². The first kappa shape index (κ1) is 20.2. The zero-order valence-corrected chi connectivity index (χ0v) is 17.4. The van der Waals surface area contributed by atoms with E-state index in [1.165, 1.54) is 42.2 Å². The van der Waals surface area contributed by atoms with Crippen molar-refractivity contribution < 1.29 is 0 Å². The smallest absolute Gasteiger partial charge is 0.191 e. The van der Waals surface area contributed by atoms with Crippen molar-refractivity contribution in [3.63, 3.8) is 0 Å². The van der Waals surface area contributed by atoms with Gasteiger partial charge in [-0.25, -0.2) is 4.98 Å². The predicted molar refractivity (Wildman–Crippen MR) is 109 cm³/mol. The number of aryl methyl sites for hydroxylation is 2. The van der Waals surface area contributed by atoms with E-state index in [1.54, 1.807) is 11.3 Å². The Morgan fingerprint density at radius 3 is 2.52 bits per heavy atom. The van der Waals surface area contributed by atoms with E-state index in [0.29, 0.717) is 0 Å². The van der Waals surface area contributed by atoms with Crippen molar-refractivity contribution in [2.75, 3.05) is 32.7 Å². The van der Waals surface area contributed by atoms with Crippen LogP contribution in [0, 0.1) is 13.8 Å². The highest BCUT2D eigenvalue weighted by atomic mass is 32.1. The van der Waals surface area contributed by atoms with Crippen LogP contribution in [-0.2, 0) is 6.42 Å². The molecule has 0 unspecified atom stereocenters. The van der Waals surface area contributed by atoms with Gasteiger partial charge in [0, 0.05) is 29.9 Å². The van der Waals surface area contributed by atoms with Crippen molar-refractivity contribution in [3.8, 4) is 0 Å². The highest BCUT2D eigenvalue weighted by molar-refractivity contribution is 7.11. The molecule has 0 saturated carbocycles. The fourth-order valence-electron chi connectivity index (χ4n) is 3.15. The van der Waals surface area contributed by atoms with Crippen LogP contribution in [0.15, 0.2) is 4.99 Å². The van der Waals surface area contributed by atoms with Gasteiger partial charge in [-0.15, -0.1) is 11.3 Å². The Morgan fingerprint density at radius 1 is 1.20 bits per heavy atom. The van der Waals surface area contributed by atoms with Crippen molar-refractivity contribution in [2.24, 2.45) is 4.99 Å². The molecule has 142 valence electrons. The van der Waals surface area contributed by atoms with Gasteiger partial charge >= 0.3 is 0 Å². The summed E-state index contributed by atoms with van der Waals surface area (Å²) in [6.45, 7) is 15.9. The van der Waals surface area contributed by atoms with Crippen LogP contribution in [0.25, 0.3) is 0 Å². The zero-order chi connectivity index (χ0) is 18.3. The maximum atomic E-state index is 4.85. The van der Waals surface area contributed by atoms with Crippen LogP contribution in [0.2, 0.25) is 0 Å². The predicted octanol–water partition coefficient (Wildman–Crippen LogP) is 3.12. The Balaban J connectivity index is 1.86. The van der Waals surface area contributed by atoms with Gasteiger partial charge in [0.1, 0.15) is 0 Å². The minimum Gasteiger partial charge on any atom is -0.357 e. The lowest BCUT2D eigenvalue weighted by Gasteiger charge is -2.40. The minimum absolute atomic E-state index is 0.117. The molecule has 1 fully saturated rings. The SMILES string of the molecule is CCNC(=NCC(C)(C)N1CCCCC1)NCCc1nc(C)c(C)s1. The highest BCUT2D eigenvalue weighted by Crippen LogP contribution is 2.20. The molecule has 1 aromatic rings. The topological polar surface area (TPSA) is 52.6 Å². The highest BCUT2D eigenvalue weighted by Gasteiger charge is 2.27. The monoisotopic (exact) mass is 365 g/mol. The number of rotatable bonds is 7. The normalized spacial score (nSPS) is 16.9. The molecule has 0 amide bonds. The maximum absolute atomic E-state index is 4.85. The molecule has 1 saturated heterocycles. The third kappa shape index (κ3) is 6.26.